The molecule has 0 aromatic heterocycles. The number of ether oxygens (including phenoxy) is 1. The van der Waals surface area contributed by atoms with Gasteiger partial charge in [-0.2, -0.15) is 0 Å². The average molecular weight is 451 g/mol. The van der Waals surface area contributed by atoms with Gasteiger partial charge in [-0.05, 0) is 61.3 Å². The van der Waals surface area contributed by atoms with Gasteiger partial charge in [-0.25, -0.2) is 4.79 Å². The average Bonchev–Trinajstić information content (AvgIpc) is 3.33. The van der Waals surface area contributed by atoms with Crippen molar-refractivity contribution in [1.82, 2.24) is 10.6 Å². The number of carbonyl (C=O) groups is 3. The van der Waals surface area contributed by atoms with Crippen molar-refractivity contribution in [2.45, 2.75) is 57.0 Å². The van der Waals surface area contributed by atoms with Crippen LogP contribution in [0.25, 0.3) is 11.1 Å². The molecule has 1 fully saturated rings. The zero-order valence-corrected chi connectivity index (χ0v) is 19.0. The highest BCUT2D eigenvalue weighted by atomic mass is 16.5. The summed E-state index contributed by atoms with van der Waals surface area (Å²) < 4.78 is 5.56. The second-order valence-electron chi connectivity index (χ2n) is 9.52. The smallest absolute Gasteiger partial charge is 0.408 e. The van der Waals surface area contributed by atoms with Gasteiger partial charge in [0.15, 0.2) is 0 Å². The minimum absolute atomic E-state index is 0.0512. The quantitative estimate of drug-likeness (QED) is 0.590. The Balaban J connectivity index is 1.32. The molecule has 3 N–H and O–H groups in total. The minimum atomic E-state index is -1.16. The third kappa shape index (κ3) is 5.02. The second kappa shape index (κ2) is 9.25. The molecule has 0 spiro atoms. The molecule has 4 rings (SSSR count). The molecule has 0 unspecified atom stereocenters. The van der Waals surface area contributed by atoms with Gasteiger partial charge < -0.3 is 20.5 Å². The molecule has 0 radical (unpaired) electrons. The first-order valence-electron chi connectivity index (χ1n) is 11.4. The fourth-order valence-electron chi connectivity index (χ4n) is 4.95. The lowest BCUT2D eigenvalue weighted by atomic mass is 9.98. The van der Waals surface area contributed by atoms with E-state index in [1.54, 1.807) is 13.8 Å². The van der Waals surface area contributed by atoms with Crippen molar-refractivity contribution in [3.05, 3.63) is 59.7 Å². The van der Waals surface area contributed by atoms with Crippen molar-refractivity contribution in [3.8, 4) is 11.1 Å². The van der Waals surface area contributed by atoms with Crippen molar-refractivity contribution in [2.24, 2.45) is 5.92 Å². The number of nitrogens with one attached hydrogen (secondary N) is 2. The van der Waals surface area contributed by atoms with E-state index < -0.39 is 17.6 Å². The van der Waals surface area contributed by atoms with Crippen molar-refractivity contribution >= 4 is 18.0 Å². The first-order chi connectivity index (χ1) is 15.7. The predicted molar refractivity (Wildman–Crippen MR) is 124 cm³/mol. The second-order valence-corrected chi connectivity index (χ2v) is 9.52. The Morgan fingerprint density at radius 1 is 1.00 bits per heavy atom. The lowest BCUT2D eigenvalue weighted by molar-refractivity contribution is -0.138. The summed E-state index contributed by atoms with van der Waals surface area (Å²) in [4.78, 5) is 36.3. The summed E-state index contributed by atoms with van der Waals surface area (Å²) in [5, 5.41) is 14.6. The highest BCUT2D eigenvalue weighted by molar-refractivity contribution is 5.89. The molecule has 2 aliphatic rings. The SMILES string of the molecule is CC(C)(NC(=O)OCC1c2ccccc2-c2ccccc21)C(=O)N[C@@H]1CC[C@H](CC(=O)O)C1. The van der Waals surface area contributed by atoms with E-state index in [9.17, 15) is 14.4 Å². The van der Waals surface area contributed by atoms with Gasteiger partial charge >= 0.3 is 12.1 Å². The Morgan fingerprint density at radius 3 is 2.21 bits per heavy atom. The Kier molecular flexibility index (Phi) is 6.40. The molecule has 33 heavy (non-hydrogen) atoms. The molecular formula is C26H30N2O5. The summed E-state index contributed by atoms with van der Waals surface area (Å²) in [6, 6.07) is 16.1. The molecule has 7 heteroatoms. The van der Waals surface area contributed by atoms with E-state index in [0.29, 0.717) is 6.42 Å². The molecule has 0 heterocycles. The summed E-state index contributed by atoms with van der Waals surface area (Å²) in [5.74, 6) is -1.10. The van der Waals surface area contributed by atoms with Crippen LogP contribution in [0.2, 0.25) is 0 Å². The third-order valence-electron chi connectivity index (χ3n) is 6.67. The molecule has 7 nitrogen and oxygen atoms in total. The minimum Gasteiger partial charge on any atom is -0.481 e. The zero-order chi connectivity index (χ0) is 23.6. The molecular weight excluding hydrogens is 420 g/mol. The van der Waals surface area contributed by atoms with E-state index >= 15 is 0 Å². The standard InChI is InChI=1S/C26H30N2O5/c1-26(2,24(31)27-17-12-11-16(13-17)14-23(29)30)28-25(32)33-15-22-20-9-5-3-7-18(20)19-8-4-6-10-21(19)22/h3-10,16-17,22H,11-15H2,1-2H3,(H,27,31)(H,28,32)(H,29,30)/t16-,17+/m0/s1. The largest absolute Gasteiger partial charge is 0.481 e. The van der Waals surface area contributed by atoms with E-state index in [2.05, 4.69) is 34.9 Å². The number of fused-ring (bicyclic) bond motifs is 3. The van der Waals surface area contributed by atoms with Crippen LogP contribution in [-0.2, 0) is 14.3 Å². The number of hydrogen-bond donors (Lipinski definition) is 3. The maximum absolute atomic E-state index is 12.8. The normalized spacial score (nSPS) is 19.5. The van der Waals surface area contributed by atoms with Gasteiger partial charge in [-0.3, -0.25) is 9.59 Å². The molecule has 2 aromatic rings. The number of hydrogen-bond acceptors (Lipinski definition) is 4. The number of amides is 2. The lowest BCUT2D eigenvalue weighted by Crippen LogP contribution is -2.56. The van der Waals surface area contributed by atoms with Crippen LogP contribution in [0, 0.1) is 5.92 Å². The highest BCUT2D eigenvalue weighted by Gasteiger charge is 2.35. The Morgan fingerprint density at radius 2 is 1.61 bits per heavy atom. The first kappa shape index (κ1) is 22.8. The third-order valence-corrected chi connectivity index (χ3v) is 6.67. The van der Waals surface area contributed by atoms with Gasteiger partial charge in [0, 0.05) is 18.4 Å². The number of carboxylic acid groups (broad SMARTS) is 1. The van der Waals surface area contributed by atoms with Crippen molar-refractivity contribution in [2.75, 3.05) is 6.61 Å². The van der Waals surface area contributed by atoms with Crippen molar-refractivity contribution in [3.63, 3.8) is 0 Å². The van der Waals surface area contributed by atoms with Gasteiger partial charge in [0.1, 0.15) is 12.1 Å². The molecule has 0 saturated heterocycles. The number of carboxylic acids is 1. The monoisotopic (exact) mass is 450 g/mol. The lowest BCUT2D eigenvalue weighted by Gasteiger charge is -2.27. The Bertz CT molecular complexity index is 1020. The van der Waals surface area contributed by atoms with Gasteiger partial charge in [0.2, 0.25) is 5.91 Å². The van der Waals surface area contributed by atoms with E-state index in [0.717, 1.165) is 35.1 Å². The van der Waals surface area contributed by atoms with Gasteiger partial charge in [-0.15, -0.1) is 0 Å². The number of rotatable bonds is 7. The highest BCUT2D eigenvalue weighted by Crippen LogP contribution is 2.44. The molecule has 1 saturated carbocycles. The van der Waals surface area contributed by atoms with E-state index in [1.165, 1.54) is 0 Å². The number of benzene rings is 2. The summed E-state index contributed by atoms with van der Waals surface area (Å²) >= 11 is 0. The van der Waals surface area contributed by atoms with Crippen molar-refractivity contribution in [1.29, 1.82) is 0 Å². The fraction of sp³-hybridized carbons (Fsp3) is 0.423. The maximum Gasteiger partial charge on any atom is 0.408 e. The summed E-state index contributed by atoms with van der Waals surface area (Å²) in [7, 11) is 0. The predicted octanol–water partition coefficient (Wildman–Crippen LogP) is 4.06. The molecule has 2 aliphatic carbocycles. The number of aliphatic carboxylic acids is 1. The molecule has 2 aromatic carbocycles. The Labute approximate surface area is 193 Å². The van der Waals surface area contributed by atoms with Crippen LogP contribution in [0.5, 0.6) is 0 Å². The van der Waals surface area contributed by atoms with Gasteiger partial charge in [0.05, 0.1) is 0 Å². The fourth-order valence-corrected chi connectivity index (χ4v) is 4.95. The van der Waals surface area contributed by atoms with Crippen LogP contribution in [-0.4, -0.2) is 41.3 Å². The molecule has 174 valence electrons. The van der Waals surface area contributed by atoms with E-state index in [1.807, 2.05) is 24.3 Å². The van der Waals surface area contributed by atoms with Crippen LogP contribution >= 0.6 is 0 Å². The summed E-state index contributed by atoms with van der Waals surface area (Å²) in [6.07, 6.45) is 1.63. The molecule has 0 aliphatic heterocycles. The topological polar surface area (TPSA) is 105 Å². The van der Waals surface area contributed by atoms with Gasteiger partial charge in [0.25, 0.3) is 0 Å². The molecule has 0 bridgehead atoms. The van der Waals surface area contributed by atoms with Crippen LogP contribution < -0.4 is 10.6 Å². The van der Waals surface area contributed by atoms with Gasteiger partial charge in [-0.1, -0.05) is 48.5 Å². The Hall–Kier alpha value is -3.35. The van der Waals surface area contributed by atoms with Crippen LogP contribution in [0.1, 0.15) is 56.6 Å². The van der Waals surface area contributed by atoms with Crippen molar-refractivity contribution < 1.29 is 24.2 Å². The number of alkyl carbamates (subject to hydrolysis) is 1. The van der Waals surface area contributed by atoms with Crippen LogP contribution in [0.3, 0.4) is 0 Å². The van der Waals surface area contributed by atoms with Crippen LogP contribution in [0.15, 0.2) is 48.5 Å². The number of carbonyl (C=O) groups excluding carboxylic acids is 2. The zero-order valence-electron chi connectivity index (χ0n) is 19.0. The van der Waals surface area contributed by atoms with E-state index in [-0.39, 0.29) is 36.8 Å². The summed E-state index contributed by atoms with van der Waals surface area (Å²) in [6.45, 7) is 3.44. The summed E-state index contributed by atoms with van der Waals surface area (Å²) in [5.41, 5.74) is 3.40. The van der Waals surface area contributed by atoms with E-state index in [4.69, 9.17) is 9.84 Å². The maximum atomic E-state index is 12.8. The van der Waals surface area contributed by atoms with Crippen LogP contribution in [0.4, 0.5) is 4.79 Å². The first-order valence-corrected chi connectivity index (χ1v) is 11.4. The molecule has 2 amide bonds. The molecule has 2 atom stereocenters.